The van der Waals surface area contributed by atoms with Gasteiger partial charge in [-0.1, -0.05) is 0 Å². The summed E-state index contributed by atoms with van der Waals surface area (Å²) < 4.78 is 2.17. The molecule has 0 amide bonds. The first kappa shape index (κ1) is 13.0. The Kier molecular flexibility index (Phi) is 2.79. The molecule has 8 nitrogen and oxygen atoms in total. The number of hydrogen-bond acceptors (Lipinski definition) is 4. The van der Waals surface area contributed by atoms with Gasteiger partial charge in [0.25, 0.3) is 5.56 Å². The average molecular weight is 286 g/mol. The van der Waals surface area contributed by atoms with Gasteiger partial charge in [0.15, 0.2) is 18.0 Å². The molecule has 0 saturated carbocycles. The summed E-state index contributed by atoms with van der Waals surface area (Å²) in [5.41, 5.74) is -0.593. The first-order chi connectivity index (χ1) is 10.0. The lowest BCUT2D eigenvalue weighted by atomic mass is 10.1. The van der Waals surface area contributed by atoms with E-state index in [9.17, 15) is 14.4 Å². The van der Waals surface area contributed by atoms with Crippen molar-refractivity contribution in [3.8, 4) is 11.3 Å². The molecule has 3 rings (SSSR count). The summed E-state index contributed by atoms with van der Waals surface area (Å²) in [6.45, 7) is 0. The number of aryl methyl sites for hydroxylation is 1. The highest BCUT2D eigenvalue weighted by Gasteiger charge is 2.16. The fourth-order valence-electron chi connectivity index (χ4n) is 2.25. The van der Waals surface area contributed by atoms with E-state index in [2.05, 4.69) is 15.0 Å². The lowest BCUT2D eigenvalue weighted by Gasteiger charge is -2.09. The van der Waals surface area contributed by atoms with Gasteiger partial charge in [-0.2, -0.15) is 4.98 Å². The molecule has 0 aliphatic carbocycles. The maximum absolute atomic E-state index is 12.4. The molecule has 0 atom stereocenters. The number of pyridine rings is 1. The molecule has 0 unspecified atom stereocenters. The highest BCUT2D eigenvalue weighted by atomic mass is 16.2. The van der Waals surface area contributed by atoms with Crippen molar-refractivity contribution >= 4 is 11.0 Å². The number of H-pyrrole nitrogens is 2. The van der Waals surface area contributed by atoms with Crippen LogP contribution in [0.1, 0.15) is 0 Å². The van der Waals surface area contributed by atoms with Gasteiger partial charge in [0, 0.05) is 31.8 Å². The molecule has 3 heterocycles. The normalized spacial score (nSPS) is 11.0. The summed E-state index contributed by atoms with van der Waals surface area (Å²) in [6.07, 6.45) is 3.35. The van der Waals surface area contributed by atoms with Crippen molar-refractivity contribution in [2.24, 2.45) is 14.1 Å². The van der Waals surface area contributed by atoms with E-state index in [0.29, 0.717) is 11.3 Å². The Morgan fingerprint density at radius 3 is 2.43 bits per heavy atom. The van der Waals surface area contributed by atoms with Gasteiger partial charge in [-0.25, -0.2) is 14.6 Å². The third kappa shape index (κ3) is 1.88. The lowest BCUT2D eigenvalue weighted by molar-refractivity contribution is -0.377. The smallest absolute Gasteiger partial charge is 0.304 e. The van der Waals surface area contributed by atoms with Crippen molar-refractivity contribution < 1.29 is 4.98 Å². The summed E-state index contributed by atoms with van der Waals surface area (Å²) in [5, 5.41) is 0.199. The van der Waals surface area contributed by atoms with Gasteiger partial charge in [0.2, 0.25) is 0 Å². The zero-order valence-electron chi connectivity index (χ0n) is 11.4. The number of aromatic nitrogens is 5. The molecule has 3 aromatic heterocycles. The minimum Gasteiger partial charge on any atom is -0.304 e. The molecule has 0 aromatic carbocycles. The second-order valence-electron chi connectivity index (χ2n) is 4.61. The number of hydrogen-bond donors (Lipinski definition) is 1. The molecule has 2 N–H and O–H groups in total. The average Bonchev–Trinajstić information content (AvgIpc) is 2.51. The van der Waals surface area contributed by atoms with Crippen molar-refractivity contribution in [3.05, 3.63) is 55.8 Å². The van der Waals surface area contributed by atoms with Gasteiger partial charge in [-0.05, 0) is 0 Å². The van der Waals surface area contributed by atoms with Crippen LogP contribution in [0.15, 0.2) is 38.9 Å². The predicted molar refractivity (Wildman–Crippen MR) is 74.8 cm³/mol. The van der Waals surface area contributed by atoms with Crippen LogP contribution in [0, 0.1) is 0 Å². The maximum atomic E-state index is 12.4. The standard InChI is InChI=1S/C13H11N5O3/c1-17-10-8(11(19)18(2)13(17)21)9(15-12(20)16-10)7-3-5-14-6-4-7/h3-6H,1-2H3,(H,15,16,20)/p+1. The quantitative estimate of drug-likeness (QED) is 0.607. The Morgan fingerprint density at radius 1 is 1.10 bits per heavy atom. The van der Waals surface area contributed by atoms with Crippen molar-refractivity contribution in [3.63, 3.8) is 0 Å². The highest BCUT2D eigenvalue weighted by molar-refractivity contribution is 5.89. The van der Waals surface area contributed by atoms with Crippen LogP contribution in [0.5, 0.6) is 0 Å². The summed E-state index contributed by atoms with van der Waals surface area (Å²) in [7, 11) is 2.86. The van der Waals surface area contributed by atoms with Crippen molar-refractivity contribution in [1.82, 2.24) is 19.1 Å². The first-order valence-electron chi connectivity index (χ1n) is 6.17. The van der Waals surface area contributed by atoms with Crippen LogP contribution in [0.25, 0.3) is 22.3 Å². The second kappa shape index (κ2) is 4.51. The SMILES string of the molecule is Cn1c(=O)c2c(-c3cc[nH+]cc3)[nH]c(=O)nc2n(C)c1=O. The molecular weight excluding hydrogens is 274 g/mol. The van der Waals surface area contributed by atoms with Crippen LogP contribution in [0.4, 0.5) is 0 Å². The van der Waals surface area contributed by atoms with E-state index < -0.39 is 16.9 Å². The monoisotopic (exact) mass is 286 g/mol. The number of nitrogens with zero attached hydrogens (tertiary/aromatic N) is 3. The molecule has 0 radical (unpaired) electrons. The number of nitrogens with one attached hydrogen (secondary N) is 2. The van der Waals surface area contributed by atoms with Crippen LogP contribution in [-0.2, 0) is 14.1 Å². The topological polar surface area (TPSA) is 104 Å². The van der Waals surface area contributed by atoms with E-state index in [0.717, 1.165) is 4.57 Å². The predicted octanol–water partition coefficient (Wildman–Crippen LogP) is -1.20. The number of fused-ring (bicyclic) bond motifs is 1. The van der Waals surface area contributed by atoms with E-state index in [-0.39, 0.29) is 11.0 Å². The van der Waals surface area contributed by atoms with Crippen LogP contribution in [0.2, 0.25) is 0 Å². The zero-order chi connectivity index (χ0) is 15.1. The Bertz CT molecular complexity index is 1010. The molecule has 0 fully saturated rings. The van der Waals surface area contributed by atoms with E-state index in [1.807, 2.05) is 0 Å². The first-order valence-corrected chi connectivity index (χ1v) is 6.17. The van der Waals surface area contributed by atoms with Crippen LogP contribution >= 0.6 is 0 Å². The Balaban J connectivity index is 2.62. The number of aromatic amines is 2. The fourth-order valence-corrected chi connectivity index (χ4v) is 2.25. The van der Waals surface area contributed by atoms with Gasteiger partial charge in [0.05, 0.1) is 5.69 Å². The largest absolute Gasteiger partial charge is 0.347 e. The molecule has 0 saturated heterocycles. The fraction of sp³-hybridized carbons (Fsp3) is 0.154. The van der Waals surface area contributed by atoms with Gasteiger partial charge >= 0.3 is 11.4 Å². The van der Waals surface area contributed by atoms with E-state index >= 15 is 0 Å². The van der Waals surface area contributed by atoms with Gasteiger partial charge in [-0.3, -0.25) is 13.9 Å². The Labute approximate surface area is 117 Å². The summed E-state index contributed by atoms with van der Waals surface area (Å²) in [6, 6.07) is 3.44. The van der Waals surface area contributed by atoms with Gasteiger partial charge < -0.3 is 4.98 Å². The molecule has 0 aliphatic rings. The lowest BCUT2D eigenvalue weighted by Crippen LogP contribution is -2.38. The van der Waals surface area contributed by atoms with Crippen molar-refractivity contribution in [2.45, 2.75) is 0 Å². The molecular formula is C13H12N5O3+. The molecule has 21 heavy (non-hydrogen) atoms. The van der Waals surface area contributed by atoms with E-state index in [4.69, 9.17) is 0 Å². The molecule has 0 bridgehead atoms. The van der Waals surface area contributed by atoms with Crippen LogP contribution in [-0.4, -0.2) is 19.1 Å². The maximum Gasteiger partial charge on any atom is 0.347 e. The summed E-state index contributed by atoms with van der Waals surface area (Å²) >= 11 is 0. The van der Waals surface area contributed by atoms with Gasteiger partial charge in [0.1, 0.15) is 5.39 Å². The van der Waals surface area contributed by atoms with Crippen LogP contribution in [0.3, 0.4) is 0 Å². The second-order valence-corrected chi connectivity index (χ2v) is 4.61. The van der Waals surface area contributed by atoms with Crippen molar-refractivity contribution in [2.75, 3.05) is 0 Å². The minimum atomic E-state index is -0.617. The molecule has 8 heteroatoms. The third-order valence-electron chi connectivity index (χ3n) is 3.33. The van der Waals surface area contributed by atoms with Crippen molar-refractivity contribution in [1.29, 1.82) is 0 Å². The minimum absolute atomic E-state index is 0.0645. The third-order valence-corrected chi connectivity index (χ3v) is 3.33. The number of rotatable bonds is 1. The Hall–Kier alpha value is -3.03. The molecule has 106 valence electrons. The van der Waals surface area contributed by atoms with Gasteiger partial charge in [-0.15, -0.1) is 0 Å². The summed E-state index contributed by atoms with van der Waals surface area (Å²) in [4.78, 5) is 45.2. The Morgan fingerprint density at radius 2 is 1.76 bits per heavy atom. The van der Waals surface area contributed by atoms with E-state index in [1.165, 1.54) is 18.7 Å². The molecule has 0 spiro atoms. The zero-order valence-corrected chi connectivity index (χ0v) is 11.4. The molecule has 3 aromatic rings. The van der Waals surface area contributed by atoms with E-state index in [1.54, 1.807) is 24.5 Å². The summed E-state index contributed by atoms with van der Waals surface area (Å²) in [5.74, 6) is 0. The van der Waals surface area contributed by atoms with Crippen LogP contribution < -0.4 is 21.9 Å². The highest BCUT2D eigenvalue weighted by Crippen LogP contribution is 2.19. The molecule has 0 aliphatic heterocycles.